The van der Waals surface area contributed by atoms with Gasteiger partial charge in [-0.1, -0.05) is 59.6 Å². The van der Waals surface area contributed by atoms with Gasteiger partial charge in [-0.05, 0) is 48.9 Å². The summed E-state index contributed by atoms with van der Waals surface area (Å²) in [7, 11) is 1.48. The first-order valence-electron chi connectivity index (χ1n) is 11.7. The van der Waals surface area contributed by atoms with Crippen LogP contribution in [0.3, 0.4) is 0 Å². The molecular formula is C28H22Cl2F3N3O3. The SMILES string of the molecule is CC(c1ccc(C(F)(F)F)cc1)N(C)C(=O)c1nn(-c2ccccc2Cl)c(-c2ccc(Cl)cc2)c1CC(=O)O. The maximum absolute atomic E-state index is 13.8. The van der Waals surface area contributed by atoms with Crippen LogP contribution >= 0.6 is 23.2 Å². The molecule has 4 rings (SSSR count). The first-order valence-corrected chi connectivity index (χ1v) is 12.4. The van der Waals surface area contributed by atoms with E-state index in [1.54, 1.807) is 55.5 Å². The van der Waals surface area contributed by atoms with E-state index in [0.717, 1.165) is 12.1 Å². The standard InChI is InChI=1S/C28H22Cl2F3N3O3/c1-16(17-7-11-19(12-8-17)28(31,32)33)35(2)27(39)25-21(15-24(37)38)26(18-9-13-20(29)14-10-18)36(34-25)23-6-4-3-5-22(23)30/h3-14,16H,15H2,1-2H3,(H,37,38). The van der Waals surface area contributed by atoms with E-state index in [1.807, 2.05) is 0 Å². The Morgan fingerprint density at radius 3 is 2.18 bits per heavy atom. The van der Waals surface area contributed by atoms with Crippen LogP contribution in [0.4, 0.5) is 13.2 Å². The van der Waals surface area contributed by atoms with Crippen LogP contribution in [0, 0.1) is 0 Å². The Morgan fingerprint density at radius 1 is 1.00 bits per heavy atom. The molecule has 0 radical (unpaired) electrons. The Morgan fingerprint density at radius 2 is 1.62 bits per heavy atom. The average Bonchev–Trinajstić information content (AvgIpc) is 3.25. The number of hydrogen-bond acceptors (Lipinski definition) is 3. The van der Waals surface area contributed by atoms with Crippen molar-refractivity contribution < 1.29 is 27.9 Å². The molecule has 1 heterocycles. The van der Waals surface area contributed by atoms with Crippen LogP contribution in [0.5, 0.6) is 0 Å². The minimum atomic E-state index is -4.49. The van der Waals surface area contributed by atoms with E-state index in [0.29, 0.717) is 32.6 Å². The van der Waals surface area contributed by atoms with Crippen molar-refractivity contribution in [2.75, 3.05) is 7.05 Å². The predicted molar refractivity (Wildman–Crippen MR) is 142 cm³/mol. The van der Waals surface area contributed by atoms with Crippen molar-refractivity contribution in [2.45, 2.75) is 25.6 Å². The fraction of sp³-hybridized carbons (Fsp3) is 0.179. The van der Waals surface area contributed by atoms with Crippen LogP contribution < -0.4 is 0 Å². The topological polar surface area (TPSA) is 75.4 Å². The Labute approximate surface area is 232 Å². The Hall–Kier alpha value is -3.82. The van der Waals surface area contributed by atoms with Gasteiger partial charge in [0.25, 0.3) is 5.91 Å². The number of rotatable bonds is 7. The number of para-hydroxylation sites is 1. The normalized spacial score (nSPS) is 12.3. The Kier molecular flexibility index (Phi) is 8.04. The quantitative estimate of drug-likeness (QED) is 0.250. The number of benzene rings is 3. The second kappa shape index (κ2) is 11.1. The number of carbonyl (C=O) groups is 2. The largest absolute Gasteiger partial charge is 0.481 e. The predicted octanol–water partition coefficient (Wildman–Crippen LogP) is 7.33. The fourth-order valence-corrected chi connectivity index (χ4v) is 4.50. The summed E-state index contributed by atoms with van der Waals surface area (Å²) in [5.41, 5.74) is 1.02. The summed E-state index contributed by atoms with van der Waals surface area (Å²) in [5, 5.41) is 15.1. The summed E-state index contributed by atoms with van der Waals surface area (Å²) in [6, 6.07) is 17.3. The number of alkyl halides is 3. The highest BCUT2D eigenvalue weighted by Gasteiger charge is 2.32. The van der Waals surface area contributed by atoms with Gasteiger partial charge in [-0.15, -0.1) is 0 Å². The molecule has 1 aromatic heterocycles. The highest BCUT2D eigenvalue weighted by molar-refractivity contribution is 6.32. The summed E-state index contributed by atoms with van der Waals surface area (Å²) in [5.74, 6) is -1.80. The number of carboxylic acids is 1. The van der Waals surface area contributed by atoms with Gasteiger partial charge in [0, 0.05) is 23.2 Å². The van der Waals surface area contributed by atoms with Gasteiger partial charge < -0.3 is 10.0 Å². The average molecular weight is 576 g/mol. The lowest BCUT2D eigenvalue weighted by Crippen LogP contribution is -2.31. The van der Waals surface area contributed by atoms with Crippen LogP contribution in [-0.2, 0) is 17.4 Å². The second-order valence-corrected chi connectivity index (χ2v) is 9.67. The molecule has 6 nitrogen and oxygen atoms in total. The third-order valence-corrected chi connectivity index (χ3v) is 6.91. The van der Waals surface area contributed by atoms with Crippen molar-refractivity contribution in [3.05, 3.63) is 105 Å². The number of carboxylic acid groups (broad SMARTS) is 1. The third-order valence-electron chi connectivity index (χ3n) is 6.33. The first kappa shape index (κ1) is 28.2. The van der Waals surface area contributed by atoms with E-state index in [4.69, 9.17) is 23.2 Å². The summed E-state index contributed by atoms with van der Waals surface area (Å²) in [6.07, 6.45) is -5.01. The smallest absolute Gasteiger partial charge is 0.416 e. The molecule has 0 spiro atoms. The number of amides is 1. The zero-order valence-electron chi connectivity index (χ0n) is 20.7. The van der Waals surface area contributed by atoms with Gasteiger partial charge in [0.15, 0.2) is 5.69 Å². The second-order valence-electron chi connectivity index (χ2n) is 8.83. The molecular weight excluding hydrogens is 554 g/mol. The number of carbonyl (C=O) groups excluding carboxylic acids is 1. The number of aliphatic carboxylic acids is 1. The zero-order chi connectivity index (χ0) is 28.5. The minimum Gasteiger partial charge on any atom is -0.481 e. The molecule has 0 saturated heterocycles. The van der Waals surface area contributed by atoms with E-state index < -0.39 is 36.1 Å². The lowest BCUT2D eigenvalue weighted by atomic mass is 10.0. The van der Waals surface area contributed by atoms with Crippen molar-refractivity contribution in [3.63, 3.8) is 0 Å². The molecule has 202 valence electrons. The summed E-state index contributed by atoms with van der Waals surface area (Å²) in [6.45, 7) is 1.66. The van der Waals surface area contributed by atoms with Crippen LogP contribution in [0.15, 0.2) is 72.8 Å². The Balaban J connectivity index is 1.84. The van der Waals surface area contributed by atoms with E-state index in [9.17, 15) is 27.9 Å². The summed E-state index contributed by atoms with van der Waals surface area (Å²) < 4.78 is 40.4. The molecule has 1 amide bonds. The maximum Gasteiger partial charge on any atom is 0.416 e. The van der Waals surface area contributed by atoms with E-state index in [2.05, 4.69) is 5.10 Å². The molecule has 0 saturated carbocycles. The summed E-state index contributed by atoms with van der Waals surface area (Å²) >= 11 is 12.5. The summed E-state index contributed by atoms with van der Waals surface area (Å²) in [4.78, 5) is 27.0. The van der Waals surface area contributed by atoms with Gasteiger partial charge in [-0.3, -0.25) is 9.59 Å². The molecule has 0 aliphatic rings. The molecule has 1 N–H and O–H groups in total. The van der Waals surface area contributed by atoms with E-state index >= 15 is 0 Å². The molecule has 0 bridgehead atoms. The molecule has 0 aliphatic carbocycles. The zero-order valence-corrected chi connectivity index (χ0v) is 22.2. The minimum absolute atomic E-state index is 0.122. The highest BCUT2D eigenvalue weighted by Crippen LogP contribution is 2.35. The molecule has 0 aliphatic heterocycles. The highest BCUT2D eigenvalue weighted by atomic mass is 35.5. The molecule has 1 unspecified atom stereocenters. The number of nitrogens with zero attached hydrogens (tertiary/aromatic N) is 3. The van der Waals surface area contributed by atoms with Gasteiger partial charge >= 0.3 is 12.1 Å². The van der Waals surface area contributed by atoms with Crippen molar-refractivity contribution >= 4 is 35.1 Å². The molecule has 39 heavy (non-hydrogen) atoms. The van der Waals surface area contributed by atoms with Crippen molar-refractivity contribution in [3.8, 4) is 16.9 Å². The number of hydrogen-bond donors (Lipinski definition) is 1. The van der Waals surface area contributed by atoms with Crippen molar-refractivity contribution in [2.24, 2.45) is 0 Å². The maximum atomic E-state index is 13.8. The van der Waals surface area contributed by atoms with Gasteiger partial charge in [0.2, 0.25) is 0 Å². The lowest BCUT2D eigenvalue weighted by molar-refractivity contribution is -0.138. The molecule has 1 atom stereocenters. The van der Waals surface area contributed by atoms with Crippen molar-refractivity contribution in [1.82, 2.24) is 14.7 Å². The van der Waals surface area contributed by atoms with Gasteiger partial charge in [-0.2, -0.15) is 18.3 Å². The van der Waals surface area contributed by atoms with Crippen LogP contribution in [0.25, 0.3) is 16.9 Å². The number of halogens is 5. The van der Waals surface area contributed by atoms with Crippen LogP contribution in [0.1, 0.15) is 40.1 Å². The molecule has 0 fully saturated rings. The Bertz CT molecular complexity index is 1520. The van der Waals surface area contributed by atoms with Gasteiger partial charge in [0.1, 0.15) is 0 Å². The fourth-order valence-electron chi connectivity index (χ4n) is 4.16. The monoisotopic (exact) mass is 575 g/mol. The van der Waals surface area contributed by atoms with E-state index in [1.165, 1.54) is 28.8 Å². The van der Waals surface area contributed by atoms with Crippen molar-refractivity contribution in [1.29, 1.82) is 0 Å². The molecule has 11 heteroatoms. The van der Waals surface area contributed by atoms with Crippen LogP contribution in [0.2, 0.25) is 10.0 Å². The first-order chi connectivity index (χ1) is 18.4. The van der Waals surface area contributed by atoms with Crippen LogP contribution in [-0.4, -0.2) is 38.7 Å². The molecule has 3 aromatic carbocycles. The lowest BCUT2D eigenvalue weighted by Gasteiger charge is -2.25. The van der Waals surface area contributed by atoms with Gasteiger partial charge in [0.05, 0.1) is 34.4 Å². The van der Waals surface area contributed by atoms with E-state index in [-0.39, 0.29) is 11.3 Å². The third kappa shape index (κ3) is 5.94. The number of aromatic nitrogens is 2. The molecule has 4 aromatic rings. The van der Waals surface area contributed by atoms with Gasteiger partial charge in [-0.25, -0.2) is 4.68 Å².